The highest BCUT2D eigenvalue weighted by molar-refractivity contribution is 6.43. The molecule has 0 aromatic carbocycles. The zero-order valence-electron chi connectivity index (χ0n) is 10.0. The minimum atomic E-state index is -0.425. The fourth-order valence-electron chi connectivity index (χ4n) is 2.23. The lowest BCUT2D eigenvalue weighted by atomic mass is 10.0. The van der Waals surface area contributed by atoms with E-state index in [2.05, 4.69) is 20.6 Å². The molecule has 9 heteroatoms. The van der Waals surface area contributed by atoms with E-state index in [1.807, 2.05) is 0 Å². The molecular formula is C11H9Cl2N5O2. The highest BCUT2D eigenvalue weighted by Crippen LogP contribution is 2.38. The summed E-state index contributed by atoms with van der Waals surface area (Å²) in [6.45, 7) is 0.358. The molecule has 3 heterocycles. The van der Waals surface area contributed by atoms with Gasteiger partial charge in [0.25, 0.3) is 11.8 Å². The first-order valence-corrected chi connectivity index (χ1v) is 6.49. The third-order valence-corrected chi connectivity index (χ3v) is 3.82. The number of halogens is 2. The van der Waals surface area contributed by atoms with Gasteiger partial charge in [-0.05, 0) is 12.0 Å². The number of nitrogens with two attached hydrogens (primary N) is 1. The summed E-state index contributed by atoms with van der Waals surface area (Å²) in [5, 5.41) is 5.41. The van der Waals surface area contributed by atoms with E-state index in [1.54, 1.807) is 0 Å². The Morgan fingerprint density at radius 1 is 1.20 bits per heavy atom. The molecule has 7 nitrogen and oxygen atoms in total. The fraction of sp³-hybridized carbons (Fsp3) is 0.182. The summed E-state index contributed by atoms with van der Waals surface area (Å²) < 4.78 is 0. The summed E-state index contributed by atoms with van der Waals surface area (Å²) >= 11 is 12.1. The van der Waals surface area contributed by atoms with Gasteiger partial charge in [-0.2, -0.15) is 0 Å². The summed E-state index contributed by atoms with van der Waals surface area (Å²) in [5.74, 6) is -0.744. The second-order valence-corrected chi connectivity index (χ2v) is 5.04. The Kier molecular flexibility index (Phi) is 2.95. The number of aliphatic imine (C=N–C) groups is 1. The Balaban J connectivity index is 2.29. The normalized spacial score (nSPS) is 22.0. The number of nitrogens with zero attached hydrogens (tertiary/aromatic N) is 1. The van der Waals surface area contributed by atoms with Crippen molar-refractivity contribution in [2.24, 2.45) is 10.7 Å². The maximum Gasteiger partial charge on any atom is 0.277 e. The minimum absolute atomic E-state index is 0.0142. The quantitative estimate of drug-likeness (QED) is 0.526. The SMILES string of the molecule is NC1=N/C(=C2\CCNC(=O)c3[nH]c(Cl)c(Cl)c32)C(=O)N1. The Labute approximate surface area is 123 Å². The van der Waals surface area contributed by atoms with Crippen molar-refractivity contribution in [2.45, 2.75) is 6.42 Å². The molecule has 1 aromatic rings. The number of nitrogens with one attached hydrogen (secondary N) is 3. The van der Waals surface area contributed by atoms with Gasteiger partial charge in [0.05, 0.1) is 5.02 Å². The van der Waals surface area contributed by atoms with Gasteiger partial charge in [0.2, 0.25) is 5.96 Å². The molecular weight excluding hydrogens is 305 g/mol. The van der Waals surface area contributed by atoms with E-state index in [9.17, 15) is 9.59 Å². The molecule has 0 unspecified atom stereocenters. The van der Waals surface area contributed by atoms with E-state index in [4.69, 9.17) is 28.9 Å². The number of H-pyrrole nitrogens is 1. The third-order valence-electron chi connectivity index (χ3n) is 3.06. The van der Waals surface area contributed by atoms with Crippen molar-refractivity contribution >= 4 is 46.5 Å². The molecule has 0 aliphatic carbocycles. The van der Waals surface area contributed by atoms with E-state index in [0.29, 0.717) is 24.1 Å². The van der Waals surface area contributed by atoms with Crippen molar-refractivity contribution in [3.63, 3.8) is 0 Å². The van der Waals surface area contributed by atoms with Crippen molar-refractivity contribution in [3.8, 4) is 0 Å². The van der Waals surface area contributed by atoms with E-state index in [0.717, 1.165) is 0 Å². The summed E-state index contributed by atoms with van der Waals surface area (Å²) in [7, 11) is 0. The van der Waals surface area contributed by atoms with Gasteiger partial charge in [0, 0.05) is 12.1 Å². The van der Waals surface area contributed by atoms with E-state index in [-0.39, 0.29) is 33.4 Å². The number of carbonyl (C=O) groups excluding carboxylic acids is 2. The highest BCUT2D eigenvalue weighted by atomic mass is 35.5. The molecule has 0 radical (unpaired) electrons. The van der Waals surface area contributed by atoms with Crippen molar-refractivity contribution < 1.29 is 9.59 Å². The van der Waals surface area contributed by atoms with Crippen molar-refractivity contribution in [2.75, 3.05) is 6.54 Å². The van der Waals surface area contributed by atoms with Crippen LogP contribution in [0.25, 0.3) is 5.57 Å². The molecule has 20 heavy (non-hydrogen) atoms. The number of hydrogen-bond acceptors (Lipinski definition) is 4. The molecule has 2 amide bonds. The molecule has 5 N–H and O–H groups in total. The van der Waals surface area contributed by atoms with Crippen LogP contribution in [0.2, 0.25) is 10.2 Å². The second kappa shape index (κ2) is 4.53. The van der Waals surface area contributed by atoms with Gasteiger partial charge in [-0.25, -0.2) is 4.99 Å². The Bertz CT molecular complexity index is 704. The van der Waals surface area contributed by atoms with E-state index < -0.39 is 5.91 Å². The molecule has 0 fully saturated rings. The fourth-order valence-corrected chi connectivity index (χ4v) is 2.68. The first kappa shape index (κ1) is 13.0. The number of guanidine groups is 1. The number of hydrogen-bond donors (Lipinski definition) is 4. The number of rotatable bonds is 0. The molecule has 2 aliphatic rings. The van der Waals surface area contributed by atoms with Gasteiger partial charge in [-0.15, -0.1) is 0 Å². The second-order valence-electron chi connectivity index (χ2n) is 4.29. The van der Waals surface area contributed by atoms with Gasteiger partial charge in [0.15, 0.2) is 0 Å². The minimum Gasteiger partial charge on any atom is -0.369 e. The molecule has 0 atom stereocenters. The van der Waals surface area contributed by atoms with Crippen molar-refractivity contribution in [1.29, 1.82) is 0 Å². The largest absolute Gasteiger partial charge is 0.369 e. The molecule has 2 aliphatic heterocycles. The molecule has 0 bridgehead atoms. The van der Waals surface area contributed by atoms with Crippen LogP contribution in [0.4, 0.5) is 0 Å². The van der Waals surface area contributed by atoms with Crippen LogP contribution in [0.5, 0.6) is 0 Å². The Morgan fingerprint density at radius 3 is 2.60 bits per heavy atom. The van der Waals surface area contributed by atoms with Crippen LogP contribution in [0.1, 0.15) is 22.5 Å². The molecule has 0 spiro atoms. The van der Waals surface area contributed by atoms with E-state index in [1.165, 1.54) is 0 Å². The first-order chi connectivity index (χ1) is 9.49. The Morgan fingerprint density at radius 2 is 1.95 bits per heavy atom. The molecule has 0 saturated carbocycles. The number of amides is 2. The predicted octanol–water partition coefficient (Wildman–Crippen LogP) is 0.611. The number of aromatic amines is 1. The molecule has 0 saturated heterocycles. The predicted molar refractivity (Wildman–Crippen MR) is 74.4 cm³/mol. The summed E-state index contributed by atoms with van der Waals surface area (Å²) in [5.41, 5.74) is 6.78. The number of fused-ring (bicyclic) bond motifs is 1. The molecule has 104 valence electrons. The van der Waals surface area contributed by atoms with Crippen LogP contribution < -0.4 is 16.4 Å². The van der Waals surface area contributed by atoms with E-state index >= 15 is 0 Å². The van der Waals surface area contributed by atoms with Crippen LogP contribution >= 0.6 is 23.2 Å². The number of aromatic nitrogens is 1. The zero-order valence-corrected chi connectivity index (χ0v) is 11.5. The van der Waals surface area contributed by atoms with Gasteiger partial charge in [-0.3, -0.25) is 14.9 Å². The van der Waals surface area contributed by atoms with Crippen LogP contribution in [0.15, 0.2) is 10.7 Å². The zero-order chi connectivity index (χ0) is 14.4. The van der Waals surface area contributed by atoms with Crippen molar-refractivity contribution in [3.05, 3.63) is 27.1 Å². The maximum absolute atomic E-state index is 11.9. The molecule has 1 aromatic heterocycles. The topological polar surface area (TPSA) is 112 Å². The van der Waals surface area contributed by atoms with Gasteiger partial charge in [-0.1, -0.05) is 23.2 Å². The average molecular weight is 314 g/mol. The standard InChI is InChI=1S/C11H9Cl2N5O2/c12-5-4-3(6-10(20)18-11(14)17-6)1-2-15-9(19)7(4)16-8(5)13/h16H,1-2H2,(H,15,19)(H3,14,17,18,20)/b6-3+. The first-order valence-electron chi connectivity index (χ1n) is 5.73. The summed E-state index contributed by atoms with van der Waals surface area (Å²) in [4.78, 5) is 30.5. The van der Waals surface area contributed by atoms with Crippen molar-refractivity contribution in [1.82, 2.24) is 15.6 Å². The van der Waals surface area contributed by atoms with Crippen LogP contribution in [-0.2, 0) is 4.79 Å². The lowest BCUT2D eigenvalue weighted by Crippen LogP contribution is -2.30. The monoisotopic (exact) mass is 313 g/mol. The van der Waals surface area contributed by atoms with Crippen LogP contribution in [0, 0.1) is 0 Å². The smallest absolute Gasteiger partial charge is 0.277 e. The van der Waals surface area contributed by atoms with Gasteiger partial charge >= 0.3 is 0 Å². The van der Waals surface area contributed by atoms with Crippen LogP contribution in [0.3, 0.4) is 0 Å². The van der Waals surface area contributed by atoms with Gasteiger partial charge < -0.3 is 16.0 Å². The average Bonchev–Trinajstić information content (AvgIpc) is 2.81. The summed E-state index contributed by atoms with van der Waals surface area (Å²) in [6.07, 6.45) is 0.395. The maximum atomic E-state index is 11.9. The molecule has 3 rings (SSSR count). The summed E-state index contributed by atoms with van der Waals surface area (Å²) in [6, 6.07) is 0. The number of carbonyl (C=O) groups is 2. The third kappa shape index (κ3) is 1.86. The van der Waals surface area contributed by atoms with Gasteiger partial charge in [0.1, 0.15) is 16.5 Å². The Hall–Kier alpha value is -1.99. The lowest BCUT2D eigenvalue weighted by Gasteiger charge is -2.05. The van der Waals surface area contributed by atoms with Crippen LogP contribution in [-0.4, -0.2) is 29.3 Å². The highest BCUT2D eigenvalue weighted by Gasteiger charge is 2.31. The lowest BCUT2D eigenvalue weighted by molar-refractivity contribution is -0.115.